The Kier molecular flexibility index (Phi) is 5.26. The van der Waals surface area contributed by atoms with Crippen molar-refractivity contribution in [3.8, 4) is 0 Å². The van der Waals surface area contributed by atoms with Crippen LogP contribution in [0.1, 0.15) is 71.3 Å². The van der Waals surface area contributed by atoms with Gasteiger partial charge in [-0.1, -0.05) is 44.4 Å². The topological polar surface area (TPSA) is 61.7 Å². The summed E-state index contributed by atoms with van der Waals surface area (Å²) in [6.07, 6.45) is 15.2. The minimum Gasteiger partial charge on any atom is -0.264 e. The molecule has 1 aromatic rings. The lowest BCUT2D eigenvalue weighted by molar-refractivity contribution is -0.0816. The summed E-state index contributed by atoms with van der Waals surface area (Å²) in [7, 11) is 0. The van der Waals surface area contributed by atoms with E-state index in [-0.39, 0.29) is 5.41 Å². The fourth-order valence-corrected chi connectivity index (χ4v) is 7.47. The maximum absolute atomic E-state index is 8.78. The van der Waals surface area contributed by atoms with Crippen LogP contribution in [-0.2, 0) is 0 Å². The summed E-state index contributed by atoms with van der Waals surface area (Å²) in [5, 5.41) is 3.91. The predicted octanol–water partition coefficient (Wildman–Crippen LogP) is 7.04. The molecule has 0 aromatic carbocycles. The van der Waals surface area contributed by atoms with Crippen molar-refractivity contribution >= 4 is 5.57 Å². The Hall–Kier alpha value is -1.80. The average Bonchev–Trinajstić information content (AvgIpc) is 3.06. The van der Waals surface area contributed by atoms with Crippen molar-refractivity contribution in [2.24, 2.45) is 39.6 Å². The third-order valence-corrected chi connectivity index (χ3v) is 8.93. The van der Waals surface area contributed by atoms with Crippen LogP contribution in [0.3, 0.4) is 0 Å². The predicted molar refractivity (Wildman–Crippen MR) is 114 cm³/mol. The Balaban J connectivity index is 1.62. The average molecular weight is 379 g/mol. The highest BCUT2D eigenvalue weighted by Crippen LogP contribution is 2.66. The van der Waals surface area contributed by atoms with Gasteiger partial charge < -0.3 is 0 Å². The Morgan fingerprint density at radius 1 is 1.25 bits per heavy atom. The summed E-state index contributed by atoms with van der Waals surface area (Å²) < 4.78 is 0. The molecule has 0 N–H and O–H groups in total. The molecule has 1 heterocycles. The number of rotatable bonds is 5. The SMILES string of the molecule is CC[C@@H]1CC[C@@H]2[C@H](CC[C@]3(C)C(c4cccnc4)=CC[C@@H]23)[C@@]1(C)CCN=[N+]=[N-]. The van der Waals surface area contributed by atoms with Gasteiger partial charge in [0.15, 0.2) is 0 Å². The van der Waals surface area contributed by atoms with Crippen LogP contribution in [0.2, 0.25) is 0 Å². The zero-order valence-electron chi connectivity index (χ0n) is 17.6. The second kappa shape index (κ2) is 7.55. The molecule has 0 spiro atoms. The first-order valence-corrected chi connectivity index (χ1v) is 11.2. The van der Waals surface area contributed by atoms with Crippen molar-refractivity contribution in [3.63, 3.8) is 0 Å². The van der Waals surface area contributed by atoms with E-state index in [9.17, 15) is 0 Å². The van der Waals surface area contributed by atoms with Crippen molar-refractivity contribution in [1.82, 2.24) is 4.98 Å². The monoisotopic (exact) mass is 378 g/mol. The summed E-state index contributed by atoms with van der Waals surface area (Å²) in [4.78, 5) is 7.41. The Labute approximate surface area is 169 Å². The summed E-state index contributed by atoms with van der Waals surface area (Å²) >= 11 is 0. The molecule has 4 nitrogen and oxygen atoms in total. The summed E-state index contributed by atoms with van der Waals surface area (Å²) in [6.45, 7) is 8.02. The molecule has 6 atom stereocenters. The molecule has 0 aliphatic heterocycles. The van der Waals surface area contributed by atoms with Crippen LogP contribution in [0, 0.1) is 34.5 Å². The third-order valence-electron chi connectivity index (χ3n) is 8.93. The molecular weight excluding hydrogens is 344 g/mol. The van der Waals surface area contributed by atoms with Crippen molar-refractivity contribution in [2.45, 2.75) is 65.7 Å². The molecule has 0 radical (unpaired) electrons. The maximum Gasteiger partial charge on any atom is 0.0343 e. The van der Waals surface area contributed by atoms with E-state index in [1.165, 1.54) is 49.7 Å². The van der Waals surface area contributed by atoms with E-state index in [0.717, 1.165) is 30.1 Å². The molecule has 4 rings (SSSR count). The first-order chi connectivity index (χ1) is 13.5. The van der Waals surface area contributed by atoms with E-state index < -0.39 is 0 Å². The first-order valence-electron chi connectivity index (χ1n) is 11.2. The highest BCUT2D eigenvalue weighted by atomic mass is 15.1. The highest BCUT2D eigenvalue weighted by Gasteiger charge is 2.57. The van der Waals surface area contributed by atoms with Gasteiger partial charge in [-0.25, -0.2) is 0 Å². The molecular formula is C24H34N4. The summed E-state index contributed by atoms with van der Waals surface area (Å²) in [5.74, 6) is 3.07. The normalized spacial score (nSPS) is 39.5. The number of azide groups is 1. The van der Waals surface area contributed by atoms with Gasteiger partial charge in [0.25, 0.3) is 0 Å². The quantitative estimate of drug-likeness (QED) is 0.308. The van der Waals surface area contributed by atoms with Crippen LogP contribution < -0.4 is 0 Å². The van der Waals surface area contributed by atoms with E-state index in [1.807, 2.05) is 12.4 Å². The Bertz CT molecular complexity index is 781. The van der Waals surface area contributed by atoms with Crippen LogP contribution in [0.25, 0.3) is 16.0 Å². The Morgan fingerprint density at radius 3 is 2.82 bits per heavy atom. The number of hydrogen-bond donors (Lipinski definition) is 0. The molecule has 3 aliphatic carbocycles. The molecule has 2 saturated carbocycles. The van der Waals surface area contributed by atoms with E-state index in [4.69, 9.17) is 5.53 Å². The fourth-order valence-electron chi connectivity index (χ4n) is 7.47. The van der Waals surface area contributed by atoms with Crippen LogP contribution in [0.5, 0.6) is 0 Å². The molecule has 0 amide bonds. The molecule has 1 aromatic heterocycles. The number of aromatic nitrogens is 1. The number of fused-ring (bicyclic) bond motifs is 3. The first kappa shape index (κ1) is 19.5. The lowest BCUT2D eigenvalue weighted by atomic mass is 9.46. The van der Waals surface area contributed by atoms with Gasteiger partial charge in [-0.05, 0) is 95.8 Å². The van der Waals surface area contributed by atoms with Crippen molar-refractivity contribution < 1.29 is 0 Å². The van der Waals surface area contributed by atoms with Crippen LogP contribution in [0.4, 0.5) is 0 Å². The van der Waals surface area contributed by atoms with Crippen LogP contribution >= 0.6 is 0 Å². The van der Waals surface area contributed by atoms with Gasteiger partial charge in [-0.2, -0.15) is 0 Å². The molecule has 0 saturated heterocycles. The fraction of sp³-hybridized carbons (Fsp3) is 0.708. The molecule has 4 heteroatoms. The Morgan fingerprint density at radius 2 is 2.11 bits per heavy atom. The van der Waals surface area contributed by atoms with E-state index in [0.29, 0.717) is 12.0 Å². The molecule has 150 valence electrons. The van der Waals surface area contributed by atoms with E-state index in [2.05, 4.69) is 54.0 Å². The van der Waals surface area contributed by atoms with Crippen molar-refractivity contribution in [1.29, 1.82) is 0 Å². The largest absolute Gasteiger partial charge is 0.264 e. The molecule has 0 bridgehead atoms. The maximum atomic E-state index is 8.78. The molecule has 28 heavy (non-hydrogen) atoms. The van der Waals surface area contributed by atoms with Crippen molar-refractivity contribution in [2.75, 3.05) is 6.54 Å². The minimum absolute atomic E-state index is 0.287. The molecule has 0 unspecified atom stereocenters. The van der Waals surface area contributed by atoms with Crippen LogP contribution in [0.15, 0.2) is 35.7 Å². The standard InChI is InChI=1S/C24H34N4/c1-4-18-7-8-19-21-10-9-20(17-6-5-14-26-16-17)24(21,3)12-11-22(19)23(18,2)13-15-27-28-25/h5-6,9,14,16,18-19,21-22H,4,7-8,10-13,15H2,1-3H3/t18-,19+,21+,22+,23+,24-/m1/s1. The van der Waals surface area contributed by atoms with Gasteiger partial charge in [0.1, 0.15) is 0 Å². The zero-order chi connectivity index (χ0) is 19.8. The van der Waals surface area contributed by atoms with Crippen LogP contribution in [-0.4, -0.2) is 11.5 Å². The molecule has 2 fully saturated rings. The highest BCUT2D eigenvalue weighted by molar-refractivity contribution is 5.72. The lowest BCUT2D eigenvalue weighted by Crippen LogP contribution is -2.51. The molecule has 3 aliphatic rings. The number of pyridine rings is 1. The second-order valence-electron chi connectivity index (χ2n) is 9.82. The minimum atomic E-state index is 0.287. The number of hydrogen-bond acceptors (Lipinski definition) is 2. The lowest BCUT2D eigenvalue weighted by Gasteiger charge is -2.59. The van der Waals surface area contributed by atoms with E-state index >= 15 is 0 Å². The van der Waals surface area contributed by atoms with Gasteiger partial charge in [-0.3, -0.25) is 4.98 Å². The zero-order valence-corrected chi connectivity index (χ0v) is 17.6. The second-order valence-corrected chi connectivity index (χ2v) is 9.82. The van der Waals surface area contributed by atoms with Crippen molar-refractivity contribution in [3.05, 3.63) is 46.6 Å². The van der Waals surface area contributed by atoms with Gasteiger partial charge in [-0.15, -0.1) is 0 Å². The van der Waals surface area contributed by atoms with Gasteiger partial charge in [0.2, 0.25) is 0 Å². The van der Waals surface area contributed by atoms with Gasteiger partial charge in [0, 0.05) is 23.9 Å². The van der Waals surface area contributed by atoms with Gasteiger partial charge in [0.05, 0.1) is 0 Å². The summed E-state index contributed by atoms with van der Waals surface area (Å²) in [5.41, 5.74) is 12.2. The van der Waals surface area contributed by atoms with E-state index in [1.54, 1.807) is 0 Å². The summed E-state index contributed by atoms with van der Waals surface area (Å²) in [6, 6.07) is 4.30. The third kappa shape index (κ3) is 2.97. The van der Waals surface area contributed by atoms with Gasteiger partial charge >= 0.3 is 0 Å². The smallest absolute Gasteiger partial charge is 0.0343 e. The number of allylic oxidation sites excluding steroid dienone is 2. The number of nitrogens with zero attached hydrogens (tertiary/aromatic N) is 4.